The maximum absolute atomic E-state index is 5.02. The van der Waals surface area contributed by atoms with Gasteiger partial charge in [0.2, 0.25) is 5.95 Å². The summed E-state index contributed by atoms with van der Waals surface area (Å²) >= 11 is 1.82. The fourth-order valence-electron chi connectivity index (χ4n) is 5.28. The fraction of sp³-hybridized carbons (Fsp3) is 0. The molecule has 0 radical (unpaired) electrons. The first-order chi connectivity index (χ1) is 18.8. The summed E-state index contributed by atoms with van der Waals surface area (Å²) in [6, 6.07) is 35.2. The van der Waals surface area contributed by atoms with Crippen LogP contribution in [0.25, 0.3) is 70.7 Å². The lowest BCUT2D eigenvalue weighted by atomic mass is 10.1. The van der Waals surface area contributed by atoms with E-state index < -0.39 is 0 Å². The van der Waals surface area contributed by atoms with E-state index in [9.17, 15) is 0 Å². The van der Waals surface area contributed by atoms with Gasteiger partial charge in [-0.3, -0.25) is 9.55 Å². The van der Waals surface area contributed by atoms with Crippen LogP contribution in [0.5, 0.6) is 0 Å². The monoisotopic (exact) mass is 505 g/mol. The van der Waals surface area contributed by atoms with Gasteiger partial charge in [0.05, 0.1) is 11.0 Å². The van der Waals surface area contributed by atoms with Crippen molar-refractivity contribution in [1.29, 1.82) is 0 Å². The van der Waals surface area contributed by atoms with Crippen LogP contribution in [-0.2, 0) is 0 Å². The van der Waals surface area contributed by atoms with E-state index in [4.69, 9.17) is 15.0 Å². The first-order valence-electron chi connectivity index (χ1n) is 12.4. The summed E-state index contributed by atoms with van der Waals surface area (Å²) in [7, 11) is 0. The second-order valence-electron chi connectivity index (χ2n) is 9.17. The average molecular weight is 506 g/mol. The molecule has 8 aromatic rings. The number of rotatable bonds is 3. The number of aromatic nitrogens is 5. The normalized spacial score (nSPS) is 11.7. The molecule has 178 valence electrons. The van der Waals surface area contributed by atoms with Crippen LogP contribution in [0.1, 0.15) is 0 Å². The van der Waals surface area contributed by atoms with Gasteiger partial charge in [-0.05, 0) is 24.3 Å². The lowest BCUT2D eigenvalue weighted by molar-refractivity contribution is 0.953. The maximum Gasteiger partial charge on any atom is 0.238 e. The highest BCUT2D eigenvalue weighted by Gasteiger charge is 2.20. The third kappa shape index (κ3) is 3.17. The Bertz CT molecular complexity index is 2070. The Morgan fingerprint density at radius 1 is 0.526 bits per heavy atom. The molecule has 0 saturated heterocycles. The Kier molecular flexibility index (Phi) is 4.62. The number of fused-ring (bicyclic) bond motifs is 7. The minimum Gasteiger partial charge on any atom is -0.278 e. The van der Waals surface area contributed by atoms with Gasteiger partial charge in [0.15, 0.2) is 11.6 Å². The van der Waals surface area contributed by atoms with E-state index in [1.165, 1.54) is 25.6 Å². The van der Waals surface area contributed by atoms with E-state index in [2.05, 4.69) is 45.9 Å². The molecule has 38 heavy (non-hydrogen) atoms. The predicted molar refractivity (Wildman–Crippen MR) is 156 cm³/mol. The van der Waals surface area contributed by atoms with Gasteiger partial charge in [-0.15, -0.1) is 11.3 Å². The number of hydrogen-bond donors (Lipinski definition) is 0. The Morgan fingerprint density at radius 2 is 1.21 bits per heavy atom. The van der Waals surface area contributed by atoms with Gasteiger partial charge in [0, 0.05) is 54.5 Å². The number of nitrogens with zero attached hydrogens (tertiary/aromatic N) is 5. The lowest BCUT2D eigenvalue weighted by Crippen LogP contribution is -2.06. The van der Waals surface area contributed by atoms with Gasteiger partial charge in [-0.1, -0.05) is 78.9 Å². The smallest absolute Gasteiger partial charge is 0.238 e. The highest BCUT2D eigenvalue weighted by Crippen LogP contribution is 2.42. The van der Waals surface area contributed by atoms with Crippen molar-refractivity contribution >= 4 is 53.3 Å². The molecular formula is C32H19N5S. The number of pyridine rings is 1. The Morgan fingerprint density at radius 3 is 1.95 bits per heavy atom. The number of hydrogen-bond acceptors (Lipinski definition) is 5. The van der Waals surface area contributed by atoms with Crippen molar-refractivity contribution < 1.29 is 0 Å². The SMILES string of the molecule is c1ccc(-c2nc(-c3ccccc3)nc(-n3c4ccncc4c4c5c(ccc43)sc3ccccc35)n2)cc1. The molecule has 0 spiro atoms. The standard InChI is InChI=1S/C32H19N5S/c1-3-9-20(10-4-1)30-34-31(21-11-5-2-6-12-21)36-32(35-30)37-24-17-18-33-19-23(24)28-25(37)15-16-27-29(28)22-13-7-8-14-26(22)38-27/h1-19H. The van der Waals surface area contributed by atoms with Crippen molar-refractivity contribution in [3.05, 3.63) is 116 Å². The van der Waals surface area contributed by atoms with Crippen LogP contribution in [0, 0.1) is 0 Å². The lowest BCUT2D eigenvalue weighted by Gasteiger charge is -2.10. The van der Waals surface area contributed by atoms with E-state index in [-0.39, 0.29) is 0 Å². The molecule has 0 amide bonds. The number of thiophene rings is 1. The van der Waals surface area contributed by atoms with Gasteiger partial charge in [0.25, 0.3) is 0 Å². The summed E-state index contributed by atoms with van der Waals surface area (Å²) in [6.07, 6.45) is 3.79. The zero-order chi connectivity index (χ0) is 25.1. The molecule has 0 aliphatic carbocycles. The summed E-state index contributed by atoms with van der Waals surface area (Å²) in [5.41, 5.74) is 3.96. The highest BCUT2D eigenvalue weighted by molar-refractivity contribution is 7.26. The van der Waals surface area contributed by atoms with Gasteiger partial charge in [-0.25, -0.2) is 4.98 Å². The van der Waals surface area contributed by atoms with Gasteiger partial charge in [-0.2, -0.15) is 9.97 Å². The van der Waals surface area contributed by atoms with Crippen LogP contribution in [0.4, 0.5) is 0 Å². The van der Waals surface area contributed by atoms with Gasteiger partial charge in [0.1, 0.15) is 0 Å². The average Bonchev–Trinajstić information content (AvgIpc) is 3.53. The summed E-state index contributed by atoms with van der Waals surface area (Å²) in [6.45, 7) is 0. The van der Waals surface area contributed by atoms with Crippen LogP contribution in [0.15, 0.2) is 116 Å². The summed E-state index contributed by atoms with van der Waals surface area (Å²) in [5.74, 6) is 1.86. The van der Waals surface area contributed by atoms with Crippen molar-refractivity contribution in [3.8, 4) is 28.7 Å². The first-order valence-corrected chi connectivity index (χ1v) is 13.2. The highest BCUT2D eigenvalue weighted by atomic mass is 32.1. The largest absolute Gasteiger partial charge is 0.278 e. The van der Waals surface area contributed by atoms with Crippen LogP contribution >= 0.6 is 11.3 Å². The second kappa shape index (κ2) is 8.30. The molecular weight excluding hydrogens is 486 g/mol. The fourth-order valence-corrected chi connectivity index (χ4v) is 6.40. The molecule has 0 aliphatic rings. The Labute approximate surface area is 221 Å². The molecule has 0 atom stereocenters. The molecule has 4 aromatic heterocycles. The van der Waals surface area contributed by atoms with Crippen LogP contribution in [0.3, 0.4) is 0 Å². The molecule has 0 N–H and O–H groups in total. The summed E-state index contributed by atoms with van der Waals surface area (Å²) in [5, 5.41) is 4.76. The third-order valence-electron chi connectivity index (χ3n) is 6.96. The minimum absolute atomic E-state index is 0.586. The molecule has 4 aromatic carbocycles. The topological polar surface area (TPSA) is 56.5 Å². The van der Waals surface area contributed by atoms with Crippen molar-refractivity contribution in [1.82, 2.24) is 24.5 Å². The molecule has 0 fully saturated rings. The van der Waals surface area contributed by atoms with Crippen molar-refractivity contribution in [3.63, 3.8) is 0 Å². The second-order valence-corrected chi connectivity index (χ2v) is 10.3. The Hall–Kier alpha value is -4.94. The molecule has 8 rings (SSSR count). The maximum atomic E-state index is 5.02. The molecule has 6 heteroatoms. The number of benzene rings is 4. The van der Waals surface area contributed by atoms with Crippen LogP contribution in [0.2, 0.25) is 0 Å². The molecule has 0 saturated carbocycles. The molecule has 5 nitrogen and oxygen atoms in total. The van der Waals surface area contributed by atoms with E-state index in [1.54, 1.807) is 0 Å². The van der Waals surface area contributed by atoms with Crippen molar-refractivity contribution in [2.45, 2.75) is 0 Å². The zero-order valence-corrected chi connectivity index (χ0v) is 20.9. The molecule has 0 unspecified atom stereocenters. The molecule has 0 bridgehead atoms. The molecule has 0 aliphatic heterocycles. The van der Waals surface area contributed by atoms with Crippen LogP contribution in [-0.4, -0.2) is 24.5 Å². The van der Waals surface area contributed by atoms with Gasteiger partial charge >= 0.3 is 0 Å². The van der Waals surface area contributed by atoms with Gasteiger partial charge < -0.3 is 0 Å². The first kappa shape index (κ1) is 21.2. The van der Waals surface area contributed by atoms with E-state index in [1.807, 2.05) is 90.5 Å². The van der Waals surface area contributed by atoms with Crippen molar-refractivity contribution in [2.75, 3.05) is 0 Å². The van der Waals surface area contributed by atoms with E-state index in [0.717, 1.165) is 27.5 Å². The predicted octanol–water partition coefficient (Wildman–Crippen LogP) is 8.07. The van der Waals surface area contributed by atoms with Crippen LogP contribution < -0.4 is 0 Å². The Balaban J connectivity index is 1.51. The molecule has 4 heterocycles. The van der Waals surface area contributed by atoms with E-state index >= 15 is 0 Å². The summed E-state index contributed by atoms with van der Waals surface area (Å²) < 4.78 is 4.68. The van der Waals surface area contributed by atoms with Crippen molar-refractivity contribution in [2.24, 2.45) is 0 Å². The third-order valence-corrected chi connectivity index (χ3v) is 8.09. The minimum atomic E-state index is 0.586. The van der Waals surface area contributed by atoms with E-state index in [0.29, 0.717) is 17.6 Å². The zero-order valence-electron chi connectivity index (χ0n) is 20.1. The quantitative estimate of drug-likeness (QED) is 0.244. The summed E-state index contributed by atoms with van der Waals surface area (Å²) in [4.78, 5) is 19.4.